The highest BCUT2D eigenvalue weighted by atomic mass is 16.6. The number of rotatable bonds is 5. The van der Waals surface area contributed by atoms with Gasteiger partial charge >= 0.3 is 6.09 Å². The highest BCUT2D eigenvalue weighted by Gasteiger charge is 2.15. The third kappa shape index (κ3) is 6.59. The zero-order valence-corrected chi connectivity index (χ0v) is 12.0. The van der Waals surface area contributed by atoms with Crippen molar-refractivity contribution in [2.24, 2.45) is 0 Å². The zero-order valence-electron chi connectivity index (χ0n) is 12.0. The normalized spacial score (nSPS) is 10.9. The van der Waals surface area contributed by atoms with E-state index in [4.69, 9.17) is 4.74 Å². The summed E-state index contributed by atoms with van der Waals surface area (Å²) in [5.41, 5.74) is 0.619. The van der Waals surface area contributed by atoms with Crippen LogP contribution in [0.15, 0.2) is 12.4 Å². The Kier molecular flexibility index (Phi) is 5.54. The Morgan fingerprint density at radius 1 is 1.26 bits per heavy atom. The molecule has 0 radical (unpaired) electrons. The maximum Gasteiger partial charge on any atom is 0.407 e. The van der Waals surface area contributed by atoms with Crippen molar-refractivity contribution in [3.05, 3.63) is 18.0 Å². The van der Waals surface area contributed by atoms with E-state index < -0.39 is 11.7 Å². The molecule has 0 aliphatic heterocycles. The van der Waals surface area contributed by atoms with E-state index in [0.717, 1.165) is 12.0 Å². The van der Waals surface area contributed by atoms with Crippen LogP contribution in [0.5, 0.6) is 0 Å². The molecule has 0 saturated heterocycles. The number of amides is 1. The van der Waals surface area contributed by atoms with Gasteiger partial charge in [-0.1, -0.05) is 6.92 Å². The van der Waals surface area contributed by atoms with E-state index in [1.807, 2.05) is 20.8 Å². The van der Waals surface area contributed by atoms with E-state index >= 15 is 0 Å². The Balaban J connectivity index is 2.21. The third-order valence-corrected chi connectivity index (χ3v) is 2.19. The first kappa shape index (κ1) is 15.2. The van der Waals surface area contributed by atoms with Crippen molar-refractivity contribution in [2.75, 3.05) is 18.4 Å². The van der Waals surface area contributed by atoms with Gasteiger partial charge in [-0.15, -0.1) is 0 Å². The van der Waals surface area contributed by atoms with Crippen LogP contribution >= 0.6 is 0 Å². The average Bonchev–Trinajstić information content (AvgIpc) is 2.33. The summed E-state index contributed by atoms with van der Waals surface area (Å²) < 4.78 is 5.11. The molecule has 1 amide bonds. The fraction of sp³-hybridized carbons (Fsp3) is 0.615. The van der Waals surface area contributed by atoms with E-state index in [0.29, 0.717) is 19.0 Å². The Morgan fingerprint density at radius 3 is 2.42 bits per heavy atom. The number of alkyl carbamates (subject to hydrolysis) is 1. The number of ether oxygens (including phenoxy) is 1. The molecule has 0 saturated carbocycles. The van der Waals surface area contributed by atoms with Crippen LogP contribution in [0.25, 0.3) is 0 Å². The summed E-state index contributed by atoms with van der Waals surface area (Å²) in [6.45, 7) is 8.53. The predicted molar refractivity (Wildman–Crippen MR) is 74.1 cm³/mol. The van der Waals surface area contributed by atoms with Gasteiger partial charge in [-0.25, -0.2) is 14.8 Å². The fourth-order valence-corrected chi connectivity index (χ4v) is 1.28. The van der Waals surface area contributed by atoms with E-state index in [2.05, 4.69) is 27.5 Å². The van der Waals surface area contributed by atoms with E-state index in [-0.39, 0.29) is 0 Å². The van der Waals surface area contributed by atoms with Crippen molar-refractivity contribution in [3.63, 3.8) is 0 Å². The van der Waals surface area contributed by atoms with E-state index in [9.17, 15) is 4.79 Å². The Hall–Kier alpha value is -1.85. The van der Waals surface area contributed by atoms with Gasteiger partial charge in [0.15, 0.2) is 0 Å². The molecule has 1 rings (SSSR count). The smallest absolute Gasteiger partial charge is 0.407 e. The number of nitrogens with one attached hydrogen (secondary N) is 2. The number of aromatic nitrogens is 2. The summed E-state index contributed by atoms with van der Waals surface area (Å²) >= 11 is 0. The van der Waals surface area contributed by atoms with Crippen LogP contribution in [0.3, 0.4) is 0 Å². The molecule has 6 heteroatoms. The number of hydrogen-bond acceptors (Lipinski definition) is 5. The lowest BCUT2D eigenvalue weighted by Gasteiger charge is -2.19. The summed E-state index contributed by atoms with van der Waals surface area (Å²) in [6.07, 6.45) is 4.07. The van der Waals surface area contributed by atoms with Gasteiger partial charge in [0.1, 0.15) is 5.60 Å². The quantitative estimate of drug-likeness (QED) is 0.797. The number of carbonyl (C=O) groups is 1. The first-order valence-corrected chi connectivity index (χ1v) is 6.42. The molecular weight excluding hydrogens is 244 g/mol. The molecule has 0 aromatic carbocycles. The lowest BCUT2D eigenvalue weighted by Crippen LogP contribution is -2.35. The van der Waals surface area contributed by atoms with Crippen molar-refractivity contribution in [2.45, 2.75) is 39.7 Å². The van der Waals surface area contributed by atoms with Crippen molar-refractivity contribution in [1.29, 1.82) is 0 Å². The van der Waals surface area contributed by atoms with E-state index in [1.165, 1.54) is 0 Å². The van der Waals surface area contributed by atoms with Gasteiger partial charge in [0.05, 0.1) is 0 Å². The zero-order chi connectivity index (χ0) is 14.3. The highest BCUT2D eigenvalue weighted by molar-refractivity contribution is 5.67. The lowest BCUT2D eigenvalue weighted by atomic mass is 10.2. The topological polar surface area (TPSA) is 76.1 Å². The van der Waals surface area contributed by atoms with Crippen LogP contribution in [0.2, 0.25) is 0 Å². The molecule has 0 fully saturated rings. The summed E-state index contributed by atoms with van der Waals surface area (Å²) in [4.78, 5) is 19.7. The van der Waals surface area contributed by atoms with Gasteiger partial charge in [-0.3, -0.25) is 0 Å². The molecule has 0 aliphatic rings. The number of nitrogens with zero attached hydrogens (tertiary/aromatic N) is 2. The van der Waals surface area contributed by atoms with Crippen molar-refractivity contribution in [3.8, 4) is 0 Å². The van der Waals surface area contributed by atoms with Gasteiger partial charge < -0.3 is 15.4 Å². The monoisotopic (exact) mass is 266 g/mol. The Labute approximate surface area is 114 Å². The second-order valence-corrected chi connectivity index (χ2v) is 5.12. The van der Waals surface area contributed by atoms with Gasteiger partial charge in [0.2, 0.25) is 5.95 Å². The summed E-state index contributed by atoms with van der Waals surface area (Å²) in [5, 5.41) is 5.67. The minimum absolute atomic E-state index is 0.420. The van der Waals surface area contributed by atoms with Crippen LogP contribution in [-0.2, 0) is 11.2 Å². The summed E-state index contributed by atoms with van der Waals surface area (Å²) in [7, 11) is 0. The summed E-state index contributed by atoms with van der Waals surface area (Å²) in [6, 6.07) is 0. The van der Waals surface area contributed by atoms with Crippen LogP contribution in [-0.4, -0.2) is 34.8 Å². The minimum atomic E-state index is -0.476. The number of aryl methyl sites for hydroxylation is 1. The average molecular weight is 266 g/mol. The van der Waals surface area contributed by atoms with Crippen LogP contribution in [0.4, 0.5) is 10.7 Å². The standard InChI is InChI=1S/C13H22N4O2/c1-5-10-8-16-11(17-9-10)14-6-7-15-12(18)19-13(2,3)4/h8-9H,5-7H2,1-4H3,(H,15,18)(H,14,16,17). The molecule has 106 valence electrons. The highest BCUT2D eigenvalue weighted by Crippen LogP contribution is 2.06. The molecular formula is C13H22N4O2. The molecule has 6 nitrogen and oxygen atoms in total. The molecule has 0 unspecified atom stereocenters. The van der Waals surface area contributed by atoms with E-state index in [1.54, 1.807) is 12.4 Å². The largest absolute Gasteiger partial charge is 0.444 e. The van der Waals surface area contributed by atoms with Gasteiger partial charge in [-0.2, -0.15) is 0 Å². The van der Waals surface area contributed by atoms with Gasteiger partial charge in [0.25, 0.3) is 0 Å². The molecule has 19 heavy (non-hydrogen) atoms. The van der Waals surface area contributed by atoms with Gasteiger partial charge in [-0.05, 0) is 32.8 Å². The molecule has 0 atom stereocenters. The molecule has 0 spiro atoms. The Bertz CT molecular complexity index is 398. The van der Waals surface area contributed by atoms with Crippen LogP contribution in [0.1, 0.15) is 33.3 Å². The van der Waals surface area contributed by atoms with Crippen molar-refractivity contribution < 1.29 is 9.53 Å². The molecule has 0 bridgehead atoms. The first-order valence-electron chi connectivity index (χ1n) is 6.42. The predicted octanol–water partition coefficient (Wildman–Crippen LogP) is 1.98. The first-order chi connectivity index (χ1) is 8.90. The number of anilines is 1. The van der Waals surface area contributed by atoms with Crippen LogP contribution in [0, 0.1) is 0 Å². The maximum absolute atomic E-state index is 11.4. The summed E-state index contributed by atoms with van der Waals surface area (Å²) in [5.74, 6) is 0.559. The lowest BCUT2D eigenvalue weighted by molar-refractivity contribution is 0.0530. The molecule has 1 heterocycles. The van der Waals surface area contributed by atoms with Crippen molar-refractivity contribution >= 4 is 12.0 Å². The number of carbonyl (C=O) groups excluding carboxylic acids is 1. The minimum Gasteiger partial charge on any atom is -0.444 e. The molecule has 2 N–H and O–H groups in total. The fourth-order valence-electron chi connectivity index (χ4n) is 1.28. The molecule has 1 aromatic rings. The Morgan fingerprint density at radius 2 is 1.89 bits per heavy atom. The SMILES string of the molecule is CCc1cnc(NCCNC(=O)OC(C)(C)C)nc1. The molecule has 1 aromatic heterocycles. The van der Waals surface area contributed by atoms with Crippen LogP contribution < -0.4 is 10.6 Å². The third-order valence-electron chi connectivity index (χ3n) is 2.19. The van der Waals surface area contributed by atoms with Gasteiger partial charge in [0, 0.05) is 25.5 Å². The van der Waals surface area contributed by atoms with Crippen molar-refractivity contribution in [1.82, 2.24) is 15.3 Å². The number of hydrogen-bond donors (Lipinski definition) is 2. The second-order valence-electron chi connectivity index (χ2n) is 5.12. The second kappa shape index (κ2) is 6.92. The molecule has 0 aliphatic carbocycles. The maximum atomic E-state index is 11.4.